The van der Waals surface area contributed by atoms with Gasteiger partial charge in [0.2, 0.25) is 0 Å². The minimum atomic E-state index is -0.178. The molecule has 0 radical (unpaired) electrons. The normalized spacial score (nSPS) is 15.7. The molecule has 48 heavy (non-hydrogen) atoms. The molecule has 240 valence electrons. The molecule has 0 saturated carbocycles. The number of fused-ring (bicyclic) bond motifs is 2. The lowest BCUT2D eigenvalue weighted by molar-refractivity contribution is 0.0798. The Morgan fingerprint density at radius 1 is 0.625 bits per heavy atom. The summed E-state index contributed by atoms with van der Waals surface area (Å²) in [6, 6.07) is 11.9. The lowest BCUT2D eigenvalue weighted by Gasteiger charge is -2.36. The number of rotatable bonds is 8. The van der Waals surface area contributed by atoms with Crippen LogP contribution in [0.25, 0.3) is 43.1 Å². The SMILES string of the molecule is CCCC[C@H](C)N1C(=O)c2cc(Br)c3c4c(C#N)cc5c6c(cc(Br)c(c7c(C#N)cc(c2c37)C1=S)c64)C(=O)N([C@@H](C)CCCC)C5=S. The van der Waals surface area contributed by atoms with Crippen molar-refractivity contribution in [3.63, 3.8) is 0 Å². The number of hydrogen-bond donors (Lipinski definition) is 0. The van der Waals surface area contributed by atoms with Crippen molar-refractivity contribution in [3.8, 4) is 12.1 Å². The zero-order valence-corrected chi connectivity index (χ0v) is 31.7. The summed E-state index contributed by atoms with van der Waals surface area (Å²) in [6.45, 7) is 8.26. The van der Waals surface area contributed by atoms with E-state index in [1.165, 1.54) is 0 Å². The standard InChI is InChI=1S/C38H30Br2N4O2S2/c1-5-7-9-17(3)43-35(45)21-13-25(39)31-28-20(16-42)12-24-30-22(36(46)44(38(24)48)18(4)10-8-6-2)14-26(40)32(34(28)30)27-19(15-41)11-23(37(43)47)29(21)33(27)31/h11-14,17-18H,5-10H2,1-4H3/t17-,18-/m0/s1. The number of nitrogens with zero attached hydrogens (tertiary/aromatic N) is 4. The van der Waals surface area contributed by atoms with Gasteiger partial charge in [-0.1, -0.05) is 95.8 Å². The van der Waals surface area contributed by atoms with Gasteiger partial charge in [0.05, 0.1) is 23.3 Å². The maximum absolute atomic E-state index is 14.3. The Labute approximate surface area is 306 Å². The second-order valence-corrected chi connectivity index (χ2v) is 15.4. The van der Waals surface area contributed by atoms with Gasteiger partial charge in [-0.25, -0.2) is 0 Å². The van der Waals surface area contributed by atoms with Crippen LogP contribution in [0.3, 0.4) is 0 Å². The number of hydrogen-bond acceptors (Lipinski definition) is 6. The molecule has 10 heteroatoms. The van der Waals surface area contributed by atoms with Gasteiger partial charge in [-0.2, -0.15) is 10.5 Å². The van der Waals surface area contributed by atoms with E-state index in [1.54, 1.807) is 21.9 Å². The van der Waals surface area contributed by atoms with Crippen molar-refractivity contribution in [2.45, 2.75) is 78.3 Å². The highest BCUT2D eigenvalue weighted by Crippen LogP contribution is 2.52. The van der Waals surface area contributed by atoms with Crippen LogP contribution in [0.4, 0.5) is 0 Å². The highest BCUT2D eigenvalue weighted by Gasteiger charge is 2.39. The van der Waals surface area contributed by atoms with E-state index in [0.717, 1.165) is 38.5 Å². The van der Waals surface area contributed by atoms with Gasteiger partial charge in [-0.3, -0.25) is 19.4 Å². The van der Waals surface area contributed by atoms with Crippen LogP contribution in [-0.2, 0) is 0 Å². The number of amides is 2. The first-order valence-corrected chi connectivity index (χ1v) is 18.6. The lowest BCUT2D eigenvalue weighted by Crippen LogP contribution is -2.45. The molecule has 0 fully saturated rings. The topological polar surface area (TPSA) is 88.2 Å². The van der Waals surface area contributed by atoms with Gasteiger partial charge < -0.3 is 0 Å². The Kier molecular flexibility index (Phi) is 8.32. The monoisotopic (exact) mass is 796 g/mol. The predicted molar refractivity (Wildman–Crippen MR) is 206 cm³/mol. The number of nitriles is 2. The number of carbonyl (C=O) groups is 2. The van der Waals surface area contributed by atoms with Crippen molar-refractivity contribution < 1.29 is 9.59 Å². The molecule has 0 N–H and O–H groups in total. The van der Waals surface area contributed by atoms with Gasteiger partial charge in [-0.05, 0) is 51.0 Å². The Bertz CT molecular complexity index is 2240. The van der Waals surface area contributed by atoms with E-state index in [4.69, 9.17) is 24.4 Å². The molecule has 0 bridgehead atoms. The predicted octanol–water partition coefficient (Wildman–Crippen LogP) is 10.4. The van der Waals surface area contributed by atoms with Crippen molar-refractivity contribution in [3.05, 3.63) is 66.6 Å². The first-order chi connectivity index (χ1) is 23.0. The molecule has 2 aliphatic rings. The van der Waals surface area contributed by atoms with Crippen molar-refractivity contribution in [1.82, 2.24) is 9.80 Å². The third-order valence-electron chi connectivity index (χ3n) is 10.1. The van der Waals surface area contributed by atoms with Gasteiger partial charge in [-0.15, -0.1) is 0 Å². The van der Waals surface area contributed by atoms with Crippen LogP contribution in [0.1, 0.15) is 109 Å². The van der Waals surface area contributed by atoms with Crippen LogP contribution < -0.4 is 0 Å². The summed E-state index contributed by atoms with van der Waals surface area (Å²) in [5.41, 5.74) is 3.09. The smallest absolute Gasteiger partial charge is 0.259 e. The molecule has 6 nitrogen and oxygen atoms in total. The van der Waals surface area contributed by atoms with Crippen molar-refractivity contribution >= 4 is 121 Å². The highest BCUT2D eigenvalue weighted by atomic mass is 79.9. The molecule has 0 aromatic heterocycles. The van der Waals surface area contributed by atoms with E-state index in [2.05, 4.69) is 57.8 Å². The maximum Gasteiger partial charge on any atom is 0.259 e. The summed E-state index contributed by atoms with van der Waals surface area (Å²) >= 11 is 19.7. The molecular formula is C38H30Br2N4O2S2. The van der Waals surface area contributed by atoms with Crippen molar-refractivity contribution in [1.29, 1.82) is 10.5 Å². The summed E-state index contributed by atoms with van der Waals surface area (Å²) in [4.78, 5) is 32.7. The van der Waals surface area contributed by atoms with E-state index >= 15 is 0 Å². The molecule has 2 atom stereocenters. The summed E-state index contributed by atoms with van der Waals surface area (Å²) in [7, 11) is 0. The fourth-order valence-electron chi connectivity index (χ4n) is 7.83. The second-order valence-electron chi connectivity index (χ2n) is 12.9. The molecule has 2 amide bonds. The van der Waals surface area contributed by atoms with Crippen molar-refractivity contribution in [2.24, 2.45) is 0 Å². The van der Waals surface area contributed by atoms with Gasteiger partial charge >= 0.3 is 0 Å². The maximum atomic E-state index is 14.3. The Balaban J connectivity index is 1.65. The van der Waals surface area contributed by atoms with E-state index in [9.17, 15) is 20.1 Å². The van der Waals surface area contributed by atoms with Crippen molar-refractivity contribution in [2.75, 3.05) is 0 Å². The Hall–Kier alpha value is -3.54. The molecular weight excluding hydrogens is 768 g/mol. The quantitative estimate of drug-likeness (QED) is 0.0883. The van der Waals surface area contributed by atoms with Gasteiger partial charge in [0.1, 0.15) is 9.98 Å². The third kappa shape index (κ3) is 4.42. The van der Waals surface area contributed by atoms with Gasteiger partial charge in [0.25, 0.3) is 11.8 Å². The van der Waals surface area contributed by atoms with E-state index < -0.39 is 0 Å². The zero-order chi connectivity index (χ0) is 34.3. The van der Waals surface area contributed by atoms with Crippen LogP contribution in [0.2, 0.25) is 0 Å². The van der Waals surface area contributed by atoms with Crippen LogP contribution in [0.5, 0.6) is 0 Å². The van der Waals surface area contributed by atoms with Crippen LogP contribution >= 0.6 is 56.3 Å². The average molecular weight is 799 g/mol. The number of thiocarbonyl (C=S) groups is 2. The van der Waals surface area contributed by atoms with Crippen LogP contribution in [0, 0.1) is 22.7 Å². The zero-order valence-electron chi connectivity index (χ0n) is 26.9. The largest absolute Gasteiger partial charge is 0.296 e. The first kappa shape index (κ1) is 33.0. The molecule has 7 rings (SSSR count). The summed E-state index contributed by atoms with van der Waals surface area (Å²) < 4.78 is 1.24. The average Bonchev–Trinajstić information content (AvgIpc) is 3.07. The number of halogens is 2. The minimum Gasteiger partial charge on any atom is -0.296 e. The van der Waals surface area contributed by atoms with E-state index in [0.29, 0.717) is 95.4 Å². The van der Waals surface area contributed by atoms with Gasteiger partial charge in [0.15, 0.2) is 0 Å². The third-order valence-corrected chi connectivity index (χ3v) is 12.2. The molecule has 0 unspecified atom stereocenters. The van der Waals surface area contributed by atoms with Gasteiger partial charge in [0, 0.05) is 86.4 Å². The fraction of sp³-hybridized carbons (Fsp3) is 0.316. The van der Waals surface area contributed by atoms with Crippen LogP contribution in [0.15, 0.2) is 33.2 Å². The second kappa shape index (κ2) is 12.1. The number of unbranched alkanes of at least 4 members (excludes halogenated alkanes) is 2. The lowest BCUT2D eigenvalue weighted by atomic mass is 9.79. The first-order valence-electron chi connectivity index (χ1n) is 16.2. The molecule has 5 aromatic carbocycles. The highest BCUT2D eigenvalue weighted by molar-refractivity contribution is 9.11. The van der Waals surface area contributed by atoms with Crippen LogP contribution in [-0.4, -0.2) is 43.7 Å². The molecule has 0 spiro atoms. The fourth-order valence-corrected chi connectivity index (χ4v) is 9.93. The number of benzene rings is 5. The Morgan fingerprint density at radius 3 is 1.33 bits per heavy atom. The molecule has 2 aliphatic heterocycles. The molecule has 0 aliphatic carbocycles. The van der Waals surface area contributed by atoms with E-state index in [-0.39, 0.29) is 23.9 Å². The summed E-state index contributed by atoms with van der Waals surface area (Å²) in [5, 5.41) is 26.8. The molecule has 5 aromatic rings. The summed E-state index contributed by atoms with van der Waals surface area (Å²) in [6.07, 6.45) is 5.52. The molecule has 2 heterocycles. The summed E-state index contributed by atoms with van der Waals surface area (Å²) in [5.74, 6) is -0.356. The molecule has 0 saturated heterocycles. The Morgan fingerprint density at radius 2 is 1.00 bits per heavy atom. The minimum absolute atomic E-state index is 0.119. The number of carbonyl (C=O) groups excluding carboxylic acids is 2. The van der Waals surface area contributed by atoms with E-state index in [1.807, 2.05) is 26.0 Å².